The van der Waals surface area contributed by atoms with Crippen LogP contribution in [0.4, 0.5) is 0 Å². The summed E-state index contributed by atoms with van der Waals surface area (Å²) in [4.78, 5) is 16.3. The number of ether oxygens (including phenoxy) is 1. The number of carbonyl (C=O) groups is 1. The van der Waals surface area contributed by atoms with E-state index in [9.17, 15) is 4.79 Å². The molecule has 0 bridgehead atoms. The minimum absolute atomic E-state index is 0.0799. The van der Waals surface area contributed by atoms with E-state index >= 15 is 0 Å². The monoisotopic (exact) mass is 262 g/mol. The van der Waals surface area contributed by atoms with E-state index in [0.29, 0.717) is 0 Å². The molecule has 19 heavy (non-hydrogen) atoms. The Morgan fingerprint density at radius 1 is 1.16 bits per heavy atom. The molecule has 1 aromatic rings. The fraction of sp³-hybridized carbons (Fsp3) is 0.533. The Kier molecular flexibility index (Phi) is 4.80. The van der Waals surface area contributed by atoms with Crippen molar-refractivity contribution in [3.63, 3.8) is 0 Å². The Labute approximate surface area is 115 Å². The van der Waals surface area contributed by atoms with E-state index in [1.807, 2.05) is 36.1 Å². The lowest BCUT2D eigenvalue weighted by molar-refractivity contribution is -0.135. The SMILES string of the molecule is CCN1CCN(C(=O)COc2ccc(C)cc2)CC1. The fourth-order valence-corrected chi connectivity index (χ4v) is 2.18. The lowest BCUT2D eigenvalue weighted by Gasteiger charge is -2.33. The molecule has 1 saturated heterocycles. The van der Waals surface area contributed by atoms with Gasteiger partial charge in [-0.2, -0.15) is 0 Å². The van der Waals surface area contributed by atoms with Gasteiger partial charge in [-0.25, -0.2) is 0 Å². The van der Waals surface area contributed by atoms with Crippen LogP contribution >= 0.6 is 0 Å². The summed E-state index contributed by atoms with van der Waals surface area (Å²) in [5, 5.41) is 0. The molecule has 0 atom stereocenters. The Morgan fingerprint density at radius 2 is 1.79 bits per heavy atom. The first-order valence-corrected chi connectivity index (χ1v) is 6.88. The van der Waals surface area contributed by atoms with Gasteiger partial charge in [-0.05, 0) is 25.6 Å². The van der Waals surface area contributed by atoms with E-state index in [1.54, 1.807) is 0 Å². The molecular weight excluding hydrogens is 240 g/mol. The van der Waals surface area contributed by atoms with E-state index in [0.717, 1.165) is 38.5 Å². The molecule has 1 fully saturated rings. The summed E-state index contributed by atoms with van der Waals surface area (Å²) in [6.45, 7) is 8.92. The standard InChI is InChI=1S/C15H22N2O2/c1-3-16-8-10-17(11-9-16)15(18)12-19-14-6-4-13(2)5-7-14/h4-7H,3,8-12H2,1-2H3. The number of rotatable bonds is 4. The van der Waals surface area contributed by atoms with E-state index < -0.39 is 0 Å². The molecule has 1 heterocycles. The number of piperazine rings is 1. The van der Waals surface area contributed by atoms with Crippen molar-refractivity contribution < 1.29 is 9.53 Å². The van der Waals surface area contributed by atoms with Gasteiger partial charge in [-0.3, -0.25) is 4.79 Å². The molecule has 4 nitrogen and oxygen atoms in total. The number of nitrogens with zero attached hydrogens (tertiary/aromatic N) is 2. The molecule has 1 aromatic carbocycles. The first kappa shape index (κ1) is 13.9. The van der Waals surface area contributed by atoms with Crippen LogP contribution in [0, 0.1) is 6.92 Å². The van der Waals surface area contributed by atoms with E-state index in [4.69, 9.17) is 4.74 Å². The van der Waals surface area contributed by atoms with Crippen molar-refractivity contribution in [3.05, 3.63) is 29.8 Å². The van der Waals surface area contributed by atoms with Crippen LogP contribution in [0.15, 0.2) is 24.3 Å². The second kappa shape index (κ2) is 6.57. The van der Waals surface area contributed by atoms with Crippen molar-refractivity contribution >= 4 is 5.91 Å². The van der Waals surface area contributed by atoms with Gasteiger partial charge in [0.15, 0.2) is 6.61 Å². The number of hydrogen-bond acceptors (Lipinski definition) is 3. The molecular formula is C15H22N2O2. The highest BCUT2D eigenvalue weighted by molar-refractivity contribution is 5.77. The van der Waals surface area contributed by atoms with Crippen LogP contribution in [-0.2, 0) is 4.79 Å². The number of hydrogen-bond donors (Lipinski definition) is 0. The summed E-state index contributed by atoms with van der Waals surface area (Å²) < 4.78 is 5.52. The Balaban J connectivity index is 1.77. The number of aryl methyl sites for hydroxylation is 1. The largest absolute Gasteiger partial charge is 0.484 e. The molecule has 0 aliphatic carbocycles. The Morgan fingerprint density at radius 3 is 2.37 bits per heavy atom. The second-order valence-corrected chi connectivity index (χ2v) is 4.92. The molecule has 0 saturated carbocycles. The third kappa shape index (κ3) is 3.96. The van der Waals surface area contributed by atoms with Gasteiger partial charge in [-0.1, -0.05) is 24.6 Å². The van der Waals surface area contributed by atoms with Gasteiger partial charge in [0, 0.05) is 26.2 Å². The summed E-state index contributed by atoms with van der Waals surface area (Å²) >= 11 is 0. The average Bonchev–Trinajstić information content (AvgIpc) is 2.46. The van der Waals surface area contributed by atoms with Crippen molar-refractivity contribution in [1.82, 2.24) is 9.80 Å². The van der Waals surface area contributed by atoms with Gasteiger partial charge in [0.1, 0.15) is 5.75 Å². The first-order valence-electron chi connectivity index (χ1n) is 6.88. The van der Waals surface area contributed by atoms with Crippen LogP contribution in [0.5, 0.6) is 5.75 Å². The minimum atomic E-state index is 0.0799. The van der Waals surface area contributed by atoms with Crippen molar-refractivity contribution in [3.8, 4) is 5.75 Å². The average molecular weight is 262 g/mol. The number of benzene rings is 1. The Bertz CT molecular complexity index is 409. The highest BCUT2D eigenvalue weighted by Crippen LogP contribution is 2.11. The van der Waals surface area contributed by atoms with Crippen LogP contribution in [0.3, 0.4) is 0 Å². The zero-order valence-electron chi connectivity index (χ0n) is 11.8. The van der Waals surface area contributed by atoms with Crippen LogP contribution < -0.4 is 4.74 Å². The minimum Gasteiger partial charge on any atom is -0.484 e. The summed E-state index contributed by atoms with van der Waals surface area (Å²) in [6.07, 6.45) is 0. The van der Waals surface area contributed by atoms with Gasteiger partial charge in [0.25, 0.3) is 5.91 Å². The van der Waals surface area contributed by atoms with Gasteiger partial charge < -0.3 is 14.5 Å². The molecule has 0 aromatic heterocycles. The molecule has 1 aliphatic rings. The van der Waals surface area contributed by atoms with E-state index in [2.05, 4.69) is 11.8 Å². The van der Waals surface area contributed by atoms with Gasteiger partial charge in [0.2, 0.25) is 0 Å². The maximum atomic E-state index is 12.0. The smallest absolute Gasteiger partial charge is 0.260 e. The third-order valence-corrected chi connectivity index (χ3v) is 3.56. The lowest BCUT2D eigenvalue weighted by Crippen LogP contribution is -2.49. The maximum Gasteiger partial charge on any atom is 0.260 e. The molecule has 0 radical (unpaired) electrons. The van der Waals surface area contributed by atoms with Crippen LogP contribution in [-0.4, -0.2) is 55.0 Å². The number of likely N-dealkylation sites (N-methyl/N-ethyl adjacent to an activating group) is 1. The van der Waals surface area contributed by atoms with Crippen molar-refractivity contribution in [1.29, 1.82) is 0 Å². The lowest BCUT2D eigenvalue weighted by atomic mass is 10.2. The number of amides is 1. The summed E-state index contributed by atoms with van der Waals surface area (Å²) in [5.74, 6) is 0.836. The van der Waals surface area contributed by atoms with Crippen LogP contribution in [0.25, 0.3) is 0 Å². The van der Waals surface area contributed by atoms with E-state index in [1.165, 1.54) is 5.56 Å². The highest BCUT2D eigenvalue weighted by Gasteiger charge is 2.20. The predicted molar refractivity (Wildman–Crippen MR) is 75.4 cm³/mol. The van der Waals surface area contributed by atoms with Crippen LogP contribution in [0.1, 0.15) is 12.5 Å². The summed E-state index contributed by atoms with van der Waals surface area (Å²) in [5.41, 5.74) is 1.19. The predicted octanol–water partition coefficient (Wildman–Crippen LogP) is 1.54. The summed E-state index contributed by atoms with van der Waals surface area (Å²) in [7, 11) is 0. The normalized spacial score (nSPS) is 16.4. The topological polar surface area (TPSA) is 32.8 Å². The molecule has 104 valence electrons. The van der Waals surface area contributed by atoms with Gasteiger partial charge in [-0.15, -0.1) is 0 Å². The molecule has 1 amide bonds. The molecule has 4 heteroatoms. The molecule has 0 N–H and O–H groups in total. The quantitative estimate of drug-likeness (QED) is 0.825. The fourth-order valence-electron chi connectivity index (χ4n) is 2.18. The van der Waals surface area contributed by atoms with E-state index in [-0.39, 0.29) is 12.5 Å². The van der Waals surface area contributed by atoms with Crippen LogP contribution in [0.2, 0.25) is 0 Å². The first-order chi connectivity index (χ1) is 9.19. The third-order valence-electron chi connectivity index (χ3n) is 3.56. The van der Waals surface area contributed by atoms with Gasteiger partial charge >= 0.3 is 0 Å². The van der Waals surface area contributed by atoms with Crippen molar-refractivity contribution in [2.24, 2.45) is 0 Å². The van der Waals surface area contributed by atoms with Gasteiger partial charge in [0.05, 0.1) is 0 Å². The molecule has 1 aliphatic heterocycles. The second-order valence-electron chi connectivity index (χ2n) is 4.92. The van der Waals surface area contributed by atoms with Crippen molar-refractivity contribution in [2.45, 2.75) is 13.8 Å². The number of carbonyl (C=O) groups excluding carboxylic acids is 1. The maximum absolute atomic E-state index is 12.0. The zero-order valence-corrected chi connectivity index (χ0v) is 11.8. The van der Waals surface area contributed by atoms with Crippen molar-refractivity contribution in [2.75, 3.05) is 39.3 Å². The highest BCUT2D eigenvalue weighted by atomic mass is 16.5. The molecule has 2 rings (SSSR count). The molecule has 0 spiro atoms. The summed E-state index contributed by atoms with van der Waals surface area (Å²) in [6, 6.07) is 7.77. The zero-order chi connectivity index (χ0) is 13.7. The molecule has 0 unspecified atom stereocenters. The Hall–Kier alpha value is -1.55.